The largest absolute Gasteiger partial charge is 0.352 e. The molecule has 1 unspecified atom stereocenters. The Balaban J connectivity index is 1.40. The quantitative estimate of drug-likeness (QED) is 0.816. The molecule has 3 rings (SSSR count). The number of carbonyl (C=O) groups is 1. The topological polar surface area (TPSA) is 32.3 Å². The van der Waals surface area contributed by atoms with E-state index < -0.39 is 0 Å². The average molecular weight is 347 g/mol. The number of benzene rings is 1. The van der Waals surface area contributed by atoms with E-state index in [-0.39, 0.29) is 11.8 Å². The average Bonchev–Trinajstić information content (AvgIpc) is 2.62. The molecule has 0 saturated carbocycles. The molecule has 0 radical (unpaired) electrons. The van der Waals surface area contributed by atoms with E-state index in [1.165, 1.54) is 25.8 Å². The minimum atomic E-state index is 0.148. The Hall–Kier alpha value is -1.32. The van der Waals surface area contributed by atoms with Gasteiger partial charge in [0.1, 0.15) is 0 Å². The smallest absolute Gasteiger partial charge is 0.223 e. The van der Waals surface area contributed by atoms with Gasteiger partial charge in [0.05, 0.1) is 0 Å². The van der Waals surface area contributed by atoms with Crippen molar-refractivity contribution in [3.63, 3.8) is 0 Å². The van der Waals surface area contributed by atoms with Crippen molar-refractivity contribution in [1.82, 2.24) is 10.2 Å². The van der Waals surface area contributed by atoms with Crippen molar-refractivity contribution in [2.24, 2.45) is 11.8 Å². The van der Waals surface area contributed by atoms with Crippen LogP contribution in [-0.2, 0) is 11.3 Å². The van der Waals surface area contributed by atoms with E-state index in [0.29, 0.717) is 11.6 Å². The molecule has 1 atom stereocenters. The summed E-state index contributed by atoms with van der Waals surface area (Å²) >= 11 is 6.14. The Morgan fingerprint density at radius 3 is 2.67 bits per heavy atom. The lowest BCUT2D eigenvalue weighted by Gasteiger charge is -2.34. The summed E-state index contributed by atoms with van der Waals surface area (Å²) in [7, 11) is 0. The van der Waals surface area contributed by atoms with Gasteiger partial charge in [-0.2, -0.15) is 0 Å². The highest BCUT2D eigenvalue weighted by Gasteiger charge is 2.26. The van der Waals surface area contributed by atoms with Crippen molar-refractivity contribution in [2.45, 2.75) is 38.6 Å². The van der Waals surface area contributed by atoms with E-state index in [1.807, 2.05) is 24.3 Å². The number of likely N-dealkylation sites (tertiary alicyclic amines) is 1. The van der Waals surface area contributed by atoms with Crippen LogP contribution in [0.5, 0.6) is 0 Å². The first-order valence-electron chi connectivity index (χ1n) is 9.11. The second-order valence-electron chi connectivity index (χ2n) is 7.03. The van der Waals surface area contributed by atoms with Crippen molar-refractivity contribution < 1.29 is 4.79 Å². The van der Waals surface area contributed by atoms with Crippen LogP contribution in [-0.4, -0.2) is 30.4 Å². The molecule has 1 fully saturated rings. The summed E-state index contributed by atoms with van der Waals surface area (Å²) in [5.41, 5.74) is 0.982. The molecule has 2 aliphatic rings. The zero-order chi connectivity index (χ0) is 16.8. The first-order chi connectivity index (χ1) is 11.7. The fourth-order valence-electron chi connectivity index (χ4n) is 3.73. The van der Waals surface area contributed by atoms with Crippen LogP contribution in [0.15, 0.2) is 36.4 Å². The van der Waals surface area contributed by atoms with Gasteiger partial charge in [-0.05, 0) is 62.7 Å². The number of amides is 1. The second-order valence-corrected chi connectivity index (χ2v) is 7.44. The summed E-state index contributed by atoms with van der Waals surface area (Å²) < 4.78 is 0. The highest BCUT2D eigenvalue weighted by atomic mass is 35.5. The Bertz CT molecular complexity index is 579. The summed E-state index contributed by atoms with van der Waals surface area (Å²) in [5.74, 6) is 1.13. The van der Waals surface area contributed by atoms with Crippen LogP contribution < -0.4 is 5.32 Å². The molecule has 0 bridgehead atoms. The fraction of sp³-hybridized carbons (Fsp3) is 0.550. The Labute approximate surface area is 150 Å². The van der Waals surface area contributed by atoms with E-state index in [0.717, 1.165) is 37.4 Å². The van der Waals surface area contributed by atoms with Crippen molar-refractivity contribution in [1.29, 1.82) is 0 Å². The van der Waals surface area contributed by atoms with Crippen molar-refractivity contribution in [3.05, 3.63) is 47.0 Å². The molecule has 1 N–H and O–H groups in total. The number of allylic oxidation sites excluding steroid dienone is 2. The minimum Gasteiger partial charge on any atom is -0.352 e. The zero-order valence-electron chi connectivity index (χ0n) is 14.2. The SMILES string of the molecule is O=C(NCc1ccccc1Cl)C1CCN(CC2CC=CCC2)CC1. The molecular formula is C20H27ClN2O. The lowest BCUT2D eigenvalue weighted by Crippen LogP contribution is -2.42. The van der Waals surface area contributed by atoms with Gasteiger partial charge in [-0.25, -0.2) is 0 Å². The summed E-state index contributed by atoms with van der Waals surface area (Å²) in [4.78, 5) is 14.9. The lowest BCUT2D eigenvalue weighted by atomic mass is 9.91. The Kier molecular flexibility index (Phi) is 6.33. The highest BCUT2D eigenvalue weighted by Crippen LogP contribution is 2.23. The van der Waals surface area contributed by atoms with E-state index in [1.54, 1.807) is 0 Å². The number of piperidine rings is 1. The fourth-order valence-corrected chi connectivity index (χ4v) is 3.94. The molecule has 0 aromatic heterocycles. The maximum atomic E-state index is 12.4. The predicted molar refractivity (Wildman–Crippen MR) is 98.9 cm³/mol. The van der Waals surface area contributed by atoms with Gasteiger partial charge < -0.3 is 10.2 Å². The summed E-state index contributed by atoms with van der Waals surface area (Å²) in [6.07, 6.45) is 10.3. The van der Waals surface area contributed by atoms with E-state index in [4.69, 9.17) is 11.6 Å². The lowest BCUT2D eigenvalue weighted by molar-refractivity contribution is -0.126. The number of hydrogen-bond acceptors (Lipinski definition) is 2. The van der Waals surface area contributed by atoms with Crippen LogP contribution in [0, 0.1) is 11.8 Å². The van der Waals surface area contributed by atoms with Gasteiger partial charge in [-0.1, -0.05) is 42.0 Å². The molecular weight excluding hydrogens is 320 g/mol. The molecule has 1 aliphatic carbocycles. The van der Waals surface area contributed by atoms with Crippen LogP contribution in [0.3, 0.4) is 0 Å². The number of nitrogens with one attached hydrogen (secondary N) is 1. The first kappa shape index (κ1) is 17.5. The zero-order valence-corrected chi connectivity index (χ0v) is 15.0. The van der Waals surface area contributed by atoms with Crippen LogP contribution in [0.4, 0.5) is 0 Å². The molecule has 0 spiro atoms. The summed E-state index contributed by atoms with van der Waals surface area (Å²) in [6.45, 7) is 3.81. The normalized spacial score (nSPS) is 22.5. The number of rotatable bonds is 5. The molecule has 24 heavy (non-hydrogen) atoms. The molecule has 3 nitrogen and oxygen atoms in total. The number of nitrogens with zero attached hydrogens (tertiary/aromatic N) is 1. The van der Waals surface area contributed by atoms with Crippen molar-refractivity contribution in [3.8, 4) is 0 Å². The maximum Gasteiger partial charge on any atom is 0.223 e. The van der Waals surface area contributed by atoms with Gasteiger partial charge in [0.25, 0.3) is 0 Å². The summed E-state index contributed by atoms with van der Waals surface area (Å²) in [5, 5.41) is 3.77. The molecule has 1 heterocycles. The van der Waals surface area contributed by atoms with E-state index in [9.17, 15) is 4.79 Å². The molecule has 1 aromatic rings. The number of hydrogen-bond donors (Lipinski definition) is 1. The number of halogens is 1. The van der Waals surface area contributed by atoms with Gasteiger partial charge in [0, 0.05) is 24.0 Å². The van der Waals surface area contributed by atoms with Crippen molar-refractivity contribution in [2.75, 3.05) is 19.6 Å². The van der Waals surface area contributed by atoms with Crippen LogP contribution in [0.2, 0.25) is 5.02 Å². The van der Waals surface area contributed by atoms with E-state index in [2.05, 4.69) is 22.4 Å². The molecule has 1 amide bonds. The Morgan fingerprint density at radius 1 is 1.17 bits per heavy atom. The first-order valence-corrected chi connectivity index (χ1v) is 9.48. The number of carbonyl (C=O) groups excluding carboxylic acids is 1. The Morgan fingerprint density at radius 2 is 1.96 bits per heavy atom. The predicted octanol–water partition coefficient (Wildman–Crippen LogP) is 4.02. The van der Waals surface area contributed by atoms with Crippen LogP contribution in [0.25, 0.3) is 0 Å². The van der Waals surface area contributed by atoms with Gasteiger partial charge in [-0.15, -0.1) is 0 Å². The molecule has 4 heteroatoms. The maximum absolute atomic E-state index is 12.4. The van der Waals surface area contributed by atoms with Crippen LogP contribution >= 0.6 is 11.6 Å². The van der Waals surface area contributed by atoms with Crippen molar-refractivity contribution >= 4 is 17.5 Å². The molecule has 1 aliphatic heterocycles. The second kappa shape index (κ2) is 8.68. The molecule has 130 valence electrons. The third kappa shape index (κ3) is 4.84. The van der Waals surface area contributed by atoms with Gasteiger partial charge in [0.2, 0.25) is 5.91 Å². The van der Waals surface area contributed by atoms with Gasteiger partial charge in [0.15, 0.2) is 0 Å². The third-order valence-corrected chi connectivity index (χ3v) is 5.63. The monoisotopic (exact) mass is 346 g/mol. The van der Waals surface area contributed by atoms with Gasteiger partial charge >= 0.3 is 0 Å². The minimum absolute atomic E-state index is 0.148. The highest BCUT2D eigenvalue weighted by molar-refractivity contribution is 6.31. The summed E-state index contributed by atoms with van der Waals surface area (Å²) in [6, 6.07) is 7.68. The molecule has 1 aromatic carbocycles. The van der Waals surface area contributed by atoms with Crippen LogP contribution in [0.1, 0.15) is 37.7 Å². The third-order valence-electron chi connectivity index (χ3n) is 5.26. The molecule has 1 saturated heterocycles. The standard InChI is InChI=1S/C20H27ClN2O/c21-19-9-5-4-8-18(19)14-22-20(24)17-10-12-23(13-11-17)15-16-6-2-1-3-7-16/h1-2,4-5,8-9,16-17H,3,6-7,10-15H2,(H,22,24). The van der Waals surface area contributed by atoms with E-state index >= 15 is 0 Å². The van der Waals surface area contributed by atoms with Gasteiger partial charge in [-0.3, -0.25) is 4.79 Å².